The first-order chi connectivity index (χ1) is 9.56. The van der Waals surface area contributed by atoms with Gasteiger partial charge in [-0.2, -0.15) is 11.8 Å². The monoisotopic (exact) mass is 296 g/mol. The molecule has 1 rings (SSSR count). The lowest BCUT2D eigenvalue weighted by atomic mass is 10.1. The zero-order chi connectivity index (χ0) is 15.0. The van der Waals surface area contributed by atoms with E-state index in [0.29, 0.717) is 13.0 Å². The summed E-state index contributed by atoms with van der Waals surface area (Å²) >= 11 is 1.66. The summed E-state index contributed by atoms with van der Waals surface area (Å²) in [5, 5.41) is 9.95. The molecule has 0 radical (unpaired) electrons. The van der Waals surface area contributed by atoms with Crippen LogP contribution in [-0.2, 0) is 11.2 Å². The van der Waals surface area contributed by atoms with Crippen molar-refractivity contribution in [3.8, 4) is 0 Å². The fraction of sp³-hybridized carbons (Fsp3) is 0.533. The number of nitrogens with zero attached hydrogens (tertiary/aromatic N) is 1. The smallest absolute Gasteiger partial charge is 0.252 e. The minimum atomic E-state index is -1.11. The van der Waals surface area contributed by atoms with Crippen LogP contribution in [0.25, 0.3) is 0 Å². The van der Waals surface area contributed by atoms with Crippen molar-refractivity contribution < 1.29 is 9.90 Å². The molecule has 0 aliphatic heterocycles. The van der Waals surface area contributed by atoms with Gasteiger partial charge >= 0.3 is 0 Å². The first-order valence-corrected chi connectivity index (χ1v) is 8.17. The standard InChI is InChI=1S/C15H24N2O2S/c1-17(10-8-12-6-4-3-5-7-12)15(19)14(18)13(16)9-11-20-2/h3-7,13-14,18H,8-11,16H2,1-2H3/t13-,14-/m1/s1. The third-order valence-electron chi connectivity index (χ3n) is 3.27. The maximum Gasteiger partial charge on any atom is 0.252 e. The van der Waals surface area contributed by atoms with Crippen LogP contribution in [0, 0.1) is 0 Å². The van der Waals surface area contributed by atoms with Gasteiger partial charge in [-0.05, 0) is 30.4 Å². The second-order valence-corrected chi connectivity index (χ2v) is 5.87. The molecule has 112 valence electrons. The van der Waals surface area contributed by atoms with Crippen LogP contribution in [0.2, 0.25) is 0 Å². The molecule has 3 N–H and O–H groups in total. The van der Waals surface area contributed by atoms with Crippen LogP contribution in [0.4, 0.5) is 0 Å². The van der Waals surface area contributed by atoms with Gasteiger partial charge in [-0.3, -0.25) is 4.79 Å². The molecule has 2 atom stereocenters. The average Bonchev–Trinajstić information content (AvgIpc) is 2.49. The van der Waals surface area contributed by atoms with Gasteiger partial charge in [-0.1, -0.05) is 30.3 Å². The number of likely N-dealkylation sites (N-methyl/N-ethyl adjacent to an activating group) is 1. The molecule has 0 fully saturated rings. The van der Waals surface area contributed by atoms with Gasteiger partial charge in [0.15, 0.2) is 0 Å². The maximum atomic E-state index is 12.1. The number of rotatable bonds is 8. The van der Waals surface area contributed by atoms with Crippen LogP contribution in [0.15, 0.2) is 30.3 Å². The molecule has 0 aliphatic carbocycles. The predicted octanol–water partition coefficient (Wildman–Crippen LogP) is 1.13. The lowest BCUT2D eigenvalue weighted by Crippen LogP contribution is -2.47. The summed E-state index contributed by atoms with van der Waals surface area (Å²) in [7, 11) is 1.70. The molecule has 0 spiro atoms. The number of aliphatic hydroxyl groups excluding tert-OH is 1. The predicted molar refractivity (Wildman–Crippen MR) is 84.8 cm³/mol. The molecular weight excluding hydrogens is 272 g/mol. The van der Waals surface area contributed by atoms with Crippen LogP contribution >= 0.6 is 11.8 Å². The minimum absolute atomic E-state index is 0.297. The molecular formula is C15H24N2O2S. The zero-order valence-corrected chi connectivity index (χ0v) is 13.0. The second kappa shape index (κ2) is 9.00. The molecule has 0 saturated heterocycles. The molecule has 0 unspecified atom stereocenters. The van der Waals surface area contributed by atoms with Gasteiger partial charge in [0.05, 0.1) is 0 Å². The highest BCUT2D eigenvalue weighted by Crippen LogP contribution is 2.06. The summed E-state index contributed by atoms with van der Waals surface area (Å²) in [6.07, 6.45) is 2.28. The fourth-order valence-electron chi connectivity index (χ4n) is 1.87. The third kappa shape index (κ3) is 5.53. The van der Waals surface area contributed by atoms with Crippen molar-refractivity contribution in [1.29, 1.82) is 0 Å². The number of carbonyl (C=O) groups excluding carboxylic acids is 1. The normalized spacial score (nSPS) is 13.8. The lowest BCUT2D eigenvalue weighted by Gasteiger charge is -2.24. The minimum Gasteiger partial charge on any atom is -0.382 e. The summed E-state index contributed by atoms with van der Waals surface area (Å²) in [6.45, 7) is 0.579. The van der Waals surface area contributed by atoms with Gasteiger partial charge in [-0.25, -0.2) is 0 Å². The summed E-state index contributed by atoms with van der Waals surface area (Å²) in [6, 6.07) is 9.48. The highest BCUT2D eigenvalue weighted by atomic mass is 32.2. The van der Waals surface area contributed by atoms with E-state index >= 15 is 0 Å². The SMILES string of the molecule is CSCC[C@@H](N)[C@@H](O)C(=O)N(C)CCc1ccccc1. The Balaban J connectivity index is 2.41. The van der Waals surface area contributed by atoms with Gasteiger partial charge < -0.3 is 15.7 Å². The van der Waals surface area contributed by atoms with Crippen molar-refractivity contribution >= 4 is 17.7 Å². The Kier molecular flexibility index (Phi) is 7.65. The summed E-state index contributed by atoms with van der Waals surface area (Å²) in [5.41, 5.74) is 7.01. The van der Waals surface area contributed by atoms with Crippen LogP contribution in [-0.4, -0.2) is 53.7 Å². The lowest BCUT2D eigenvalue weighted by molar-refractivity contribution is -0.139. The molecule has 0 heterocycles. The van der Waals surface area contributed by atoms with E-state index in [2.05, 4.69) is 0 Å². The van der Waals surface area contributed by atoms with E-state index in [4.69, 9.17) is 5.73 Å². The average molecular weight is 296 g/mol. The Morgan fingerprint density at radius 3 is 2.65 bits per heavy atom. The Morgan fingerprint density at radius 1 is 1.40 bits per heavy atom. The molecule has 1 aromatic carbocycles. The zero-order valence-electron chi connectivity index (χ0n) is 12.2. The van der Waals surface area contributed by atoms with Gasteiger partial charge in [0.25, 0.3) is 5.91 Å². The number of hydrogen-bond acceptors (Lipinski definition) is 4. The summed E-state index contributed by atoms with van der Waals surface area (Å²) in [5.74, 6) is 0.550. The number of benzene rings is 1. The van der Waals surface area contributed by atoms with Crippen LogP contribution < -0.4 is 5.73 Å². The summed E-state index contributed by atoms with van der Waals surface area (Å²) < 4.78 is 0. The topological polar surface area (TPSA) is 66.6 Å². The number of carbonyl (C=O) groups is 1. The van der Waals surface area contributed by atoms with E-state index in [0.717, 1.165) is 12.2 Å². The van der Waals surface area contributed by atoms with E-state index in [1.807, 2.05) is 36.6 Å². The number of hydrogen-bond donors (Lipinski definition) is 2. The van der Waals surface area contributed by atoms with Crippen molar-refractivity contribution in [2.75, 3.05) is 25.6 Å². The van der Waals surface area contributed by atoms with Gasteiger partial charge in [0, 0.05) is 19.6 Å². The van der Waals surface area contributed by atoms with E-state index in [9.17, 15) is 9.90 Å². The van der Waals surface area contributed by atoms with Gasteiger partial charge in [-0.15, -0.1) is 0 Å². The Labute approximate surface area is 125 Å². The van der Waals surface area contributed by atoms with Crippen molar-refractivity contribution in [3.63, 3.8) is 0 Å². The second-order valence-electron chi connectivity index (χ2n) is 4.89. The Bertz CT molecular complexity index is 400. The number of amides is 1. The Morgan fingerprint density at radius 2 is 2.05 bits per heavy atom. The first kappa shape index (κ1) is 17.0. The first-order valence-electron chi connectivity index (χ1n) is 6.77. The number of nitrogens with two attached hydrogens (primary N) is 1. The van der Waals surface area contributed by atoms with Crippen LogP contribution in [0.1, 0.15) is 12.0 Å². The maximum absolute atomic E-state index is 12.1. The molecule has 0 aliphatic rings. The molecule has 0 aromatic heterocycles. The quantitative estimate of drug-likeness (QED) is 0.755. The highest BCUT2D eigenvalue weighted by Gasteiger charge is 2.25. The highest BCUT2D eigenvalue weighted by molar-refractivity contribution is 7.98. The largest absolute Gasteiger partial charge is 0.382 e. The summed E-state index contributed by atoms with van der Waals surface area (Å²) in [4.78, 5) is 13.6. The number of thioether (sulfide) groups is 1. The van der Waals surface area contributed by atoms with E-state index in [1.54, 1.807) is 23.7 Å². The van der Waals surface area contributed by atoms with Gasteiger partial charge in [0.2, 0.25) is 0 Å². The van der Waals surface area contributed by atoms with E-state index in [-0.39, 0.29) is 5.91 Å². The Hall–Kier alpha value is -1.04. The molecule has 5 heteroatoms. The van der Waals surface area contributed by atoms with E-state index in [1.165, 1.54) is 5.56 Å². The van der Waals surface area contributed by atoms with Crippen molar-refractivity contribution in [2.45, 2.75) is 25.0 Å². The van der Waals surface area contributed by atoms with E-state index < -0.39 is 12.1 Å². The van der Waals surface area contributed by atoms with Crippen molar-refractivity contribution in [2.24, 2.45) is 5.73 Å². The third-order valence-corrected chi connectivity index (χ3v) is 3.91. The van der Waals surface area contributed by atoms with Gasteiger partial charge in [0.1, 0.15) is 6.10 Å². The number of aliphatic hydroxyl groups is 1. The fourth-order valence-corrected chi connectivity index (χ4v) is 2.38. The molecule has 4 nitrogen and oxygen atoms in total. The van der Waals surface area contributed by atoms with Crippen molar-refractivity contribution in [3.05, 3.63) is 35.9 Å². The van der Waals surface area contributed by atoms with Crippen molar-refractivity contribution in [1.82, 2.24) is 4.90 Å². The molecule has 0 bridgehead atoms. The molecule has 1 aromatic rings. The molecule has 0 saturated carbocycles. The molecule has 20 heavy (non-hydrogen) atoms. The molecule has 1 amide bonds. The van der Waals surface area contributed by atoms with Crippen LogP contribution in [0.3, 0.4) is 0 Å². The van der Waals surface area contributed by atoms with Crippen LogP contribution in [0.5, 0.6) is 0 Å².